The summed E-state index contributed by atoms with van der Waals surface area (Å²) in [6.45, 7) is 8.64. The van der Waals surface area contributed by atoms with E-state index in [1.165, 1.54) is 96.3 Å². The fraction of sp³-hybridized carbons (Fsp3) is 0.950. The lowest BCUT2D eigenvalue weighted by molar-refractivity contribution is 0.435. The molecule has 0 spiro atoms. The Hall–Kier alpha value is 0. The maximum atomic E-state index is 3.89. The third-order valence-corrected chi connectivity index (χ3v) is 4.50. The molecule has 0 heterocycles. The maximum Gasteiger partial charge on any atom is -0.0443 e. The van der Waals surface area contributed by atoms with Crippen LogP contribution in [-0.4, -0.2) is 0 Å². The second-order valence-electron chi connectivity index (χ2n) is 6.78. The molecule has 1 atom stereocenters. The van der Waals surface area contributed by atoms with Crippen molar-refractivity contribution in [2.45, 2.75) is 117 Å². The second-order valence-corrected chi connectivity index (χ2v) is 6.78. The lowest BCUT2D eigenvalue weighted by Crippen LogP contribution is -1.94. The normalized spacial score (nSPS) is 12.8. The van der Waals surface area contributed by atoms with E-state index in [1.807, 2.05) is 0 Å². The van der Waals surface area contributed by atoms with Crippen molar-refractivity contribution in [1.82, 2.24) is 0 Å². The van der Waals surface area contributed by atoms with Gasteiger partial charge in [-0.05, 0) is 5.92 Å². The van der Waals surface area contributed by atoms with Crippen LogP contribution >= 0.6 is 0 Å². The summed E-state index contributed by atoms with van der Waals surface area (Å²) in [6, 6.07) is 0. The van der Waals surface area contributed by atoms with E-state index in [0.29, 0.717) is 0 Å². The Labute approximate surface area is 130 Å². The first-order chi connectivity index (χ1) is 9.81. The minimum atomic E-state index is 0.967. The summed E-state index contributed by atoms with van der Waals surface area (Å²) < 4.78 is 0. The molecule has 121 valence electrons. The lowest BCUT2D eigenvalue weighted by Gasteiger charge is -2.10. The van der Waals surface area contributed by atoms with Crippen LogP contribution in [0.15, 0.2) is 0 Å². The zero-order valence-corrected chi connectivity index (χ0v) is 14.6. The van der Waals surface area contributed by atoms with Crippen LogP contribution in [0.25, 0.3) is 0 Å². The number of hydrogen-bond acceptors (Lipinski definition) is 0. The molecule has 0 aliphatic rings. The summed E-state index contributed by atoms with van der Waals surface area (Å²) in [7, 11) is 0. The van der Waals surface area contributed by atoms with Crippen LogP contribution in [0.4, 0.5) is 0 Å². The van der Waals surface area contributed by atoms with Crippen molar-refractivity contribution in [3.63, 3.8) is 0 Å². The van der Waals surface area contributed by atoms with Gasteiger partial charge in [-0.2, -0.15) is 0 Å². The first-order valence-corrected chi connectivity index (χ1v) is 9.60. The Kier molecular flexibility index (Phi) is 17.1. The first-order valence-electron chi connectivity index (χ1n) is 9.60. The van der Waals surface area contributed by atoms with Crippen molar-refractivity contribution < 1.29 is 0 Å². The summed E-state index contributed by atoms with van der Waals surface area (Å²) in [5, 5.41) is 0. The van der Waals surface area contributed by atoms with Gasteiger partial charge in [0, 0.05) is 0 Å². The highest BCUT2D eigenvalue weighted by Gasteiger charge is 2.01. The molecule has 0 nitrogen and oxygen atoms in total. The lowest BCUT2D eigenvalue weighted by atomic mass is 9.96. The smallest absolute Gasteiger partial charge is 0.0443 e. The fourth-order valence-electron chi connectivity index (χ4n) is 2.97. The van der Waals surface area contributed by atoms with Crippen molar-refractivity contribution in [3.8, 4) is 0 Å². The summed E-state index contributed by atoms with van der Waals surface area (Å²) in [4.78, 5) is 0. The SMILES string of the molecule is [CH2]CCCCCCCCCCCCC(C)CCCCC. The zero-order chi connectivity index (χ0) is 14.9. The van der Waals surface area contributed by atoms with Gasteiger partial charge in [0.15, 0.2) is 0 Å². The van der Waals surface area contributed by atoms with Gasteiger partial charge < -0.3 is 0 Å². The molecule has 0 heteroatoms. The van der Waals surface area contributed by atoms with Gasteiger partial charge in [-0.25, -0.2) is 0 Å². The largest absolute Gasteiger partial charge is 0.0654 e. The average molecular weight is 282 g/mol. The third kappa shape index (κ3) is 16.1. The van der Waals surface area contributed by atoms with Gasteiger partial charge in [-0.1, -0.05) is 124 Å². The van der Waals surface area contributed by atoms with Crippen LogP contribution in [-0.2, 0) is 0 Å². The van der Waals surface area contributed by atoms with Crippen molar-refractivity contribution in [3.05, 3.63) is 6.92 Å². The van der Waals surface area contributed by atoms with Crippen LogP contribution < -0.4 is 0 Å². The quantitative estimate of drug-likeness (QED) is 0.254. The minimum Gasteiger partial charge on any atom is -0.0654 e. The predicted octanol–water partition coefficient (Wildman–Crippen LogP) is 7.72. The monoisotopic (exact) mass is 281 g/mol. The molecule has 0 aromatic carbocycles. The molecule has 0 aliphatic carbocycles. The fourth-order valence-corrected chi connectivity index (χ4v) is 2.97. The van der Waals surface area contributed by atoms with Gasteiger partial charge in [-0.15, -0.1) is 0 Å². The molecule has 0 saturated heterocycles. The zero-order valence-electron chi connectivity index (χ0n) is 14.6. The van der Waals surface area contributed by atoms with Crippen molar-refractivity contribution in [2.24, 2.45) is 5.92 Å². The molecule has 0 fully saturated rings. The van der Waals surface area contributed by atoms with E-state index in [9.17, 15) is 0 Å². The van der Waals surface area contributed by atoms with Crippen LogP contribution in [0.1, 0.15) is 117 Å². The molecule has 0 N–H and O–H groups in total. The van der Waals surface area contributed by atoms with Crippen LogP contribution in [0.5, 0.6) is 0 Å². The summed E-state index contributed by atoms with van der Waals surface area (Å²) in [5.74, 6) is 0.967. The topological polar surface area (TPSA) is 0 Å². The molecule has 0 aromatic heterocycles. The van der Waals surface area contributed by atoms with Crippen LogP contribution in [0.2, 0.25) is 0 Å². The Morgan fingerprint density at radius 3 is 1.45 bits per heavy atom. The predicted molar refractivity (Wildman–Crippen MR) is 94.1 cm³/mol. The Morgan fingerprint density at radius 2 is 1.00 bits per heavy atom. The standard InChI is InChI=1S/C20H41/c1-4-6-8-9-10-11-12-13-14-15-17-19-20(3)18-16-7-5-2/h20H,1,4-19H2,2-3H3. The summed E-state index contributed by atoms with van der Waals surface area (Å²) >= 11 is 0. The van der Waals surface area contributed by atoms with Gasteiger partial charge in [0.25, 0.3) is 0 Å². The molecule has 0 saturated carbocycles. The third-order valence-electron chi connectivity index (χ3n) is 4.50. The minimum absolute atomic E-state index is 0.967. The highest BCUT2D eigenvalue weighted by Crippen LogP contribution is 2.18. The van der Waals surface area contributed by atoms with Gasteiger partial charge in [0.05, 0.1) is 0 Å². The van der Waals surface area contributed by atoms with Crippen molar-refractivity contribution in [1.29, 1.82) is 0 Å². The van der Waals surface area contributed by atoms with E-state index in [1.54, 1.807) is 0 Å². The number of rotatable bonds is 16. The van der Waals surface area contributed by atoms with Gasteiger partial charge in [0.2, 0.25) is 0 Å². The van der Waals surface area contributed by atoms with E-state index >= 15 is 0 Å². The van der Waals surface area contributed by atoms with Crippen LogP contribution in [0.3, 0.4) is 0 Å². The van der Waals surface area contributed by atoms with E-state index in [-0.39, 0.29) is 0 Å². The van der Waals surface area contributed by atoms with Gasteiger partial charge in [-0.3, -0.25) is 0 Å². The maximum absolute atomic E-state index is 3.89. The van der Waals surface area contributed by atoms with E-state index in [4.69, 9.17) is 0 Å². The van der Waals surface area contributed by atoms with Gasteiger partial charge in [0.1, 0.15) is 0 Å². The molecule has 1 unspecified atom stereocenters. The molecular weight excluding hydrogens is 240 g/mol. The van der Waals surface area contributed by atoms with Crippen molar-refractivity contribution in [2.75, 3.05) is 0 Å². The molecule has 0 aliphatic heterocycles. The molecule has 20 heavy (non-hydrogen) atoms. The summed E-state index contributed by atoms with van der Waals surface area (Å²) in [6.07, 6.45) is 22.7. The van der Waals surface area contributed by atoms with Crippen LogP contribution in [0, 0.1) is 12.8 Å². The average Bonchev–Trinajstić information content (AvgIpc) is 2.45. The van der Waals surface area contributed by atoms with E-state index in [2.05, 4.69) is 20.8 Å². The highest BCUT2D eigenvalue weighted by molar-refractivity contribution is 4.55. The summed E-state index contributed by atoms with van der Waals surface area (Å²) in [5.41, 5.74) is 0. The highest BCUT2D eigenvalue weighted by atomic mass is 14.1. The van der Waals surface area contributed by atoms with Gasteiger partial charge >= 0.3 is 0 Å². The van der Waals surface area contributed by atoms with E-state index in [0.717, 1.165) is 12.3 Å². The molecule has 0 aromatic rings. The molecule has 0 rings (SSSR count). The Balaban J connectivity index is 3.05. The number of hydrogen-bond donors (Lipinski definition) is 0. The van der Waals surface area contributed by atoms with E-state index < -0.39 is 0 Å². The molecular formula is C20H41. The molecule has 0 amide bonds. The second kappa shape index (κ2) is 17.1. The first kappa shape index (κ1) is 20.0. The Bertz CT molecular complexity index is 161. The van der Waals surface area contributed by atoms with Crippen molar-refractivity contribution >= 4 is 0 Å². The molecule has 0 bridgehead atoms. The molecule has 1 radical (unpaired) electrons. The number of unbranched alkanes of at least 4 members (excludes halogenated alkanes) is 12. The Morgan fingerprint density at radius 1 is 0.600 bits per heavy atom.